The van der Waals surface area contributed by atoms with Crippen LogP contribution in [-0.4, -0.2) is 25.8 Å². The quantitative estimate of drug-likeness (QED) is 0.865. The average molecular weight is 273 g/mol. The Morgan fingerprint density at radius 2 is 2.15 bits per heavy atom. The van der Waals surface area contributed by atoms with Gasteiger partial charge in [-0.25, -0.2) is 4.79 Å². The van der Waals surface area contributed by atoms with Crippen LogP contribution in [0.3, 0.4) is 0 Å². The number of hydrogen-bond donors (Lipinski definition) is 1. The maximum absolute atomic E-state index is 10.5. The first kappa shape index (κ1) is 13.8. The molecule has 1 N–H and O–H groups in total. The van der Waals surface area contributed by atoms with Crippen LogP contribution in [0.4, 0.5) is 0 Å². The van der Waals surface area contributed by atoms with Crippen LogP contribution in [0.5, 0.6) is 11.5 Å². The number of aliphatic carboxylic acids is 1. The molecule has 0 amide bonds. The molecule has 20 heavy (non-hydrogen) atoms. The lowest BCUT2D eigenvalue weighted by molar-refractivity contribution is -0.131. The van der Waals surface area contributed by atoms with E-state index >= 15 is 0 Å². The maximum atomic E-state index is 10.5. The van der Waals surface area contributed by atoms with Crippen LogP contribution in [0.1, 0.15) is 17.0 Å². The fourth-order valence-corrected chi connectivity index (χ4v) is 1.77. The molecule has 6 nitrogen and oxygen atoms in total. The molecule has 0 aliphatic carbocycles. The Labute approximate surface area is 116 Å². The predicted molar refractivity (Wildman–Crippen MR) is 73.7 cm³/mol. The summed E-state index contributed by atoms with van der Waals surface area (Å²) in [5, 5.41) is 12.9. The maximum Gasteiger partial charge on any atom is 0.328 e. The number of ether oxygens (including phenoxy) is 1. The number of carbonyl (C=O) groups is 1. The summed E-state index contributed by atoms with van der Waals surface area (Å²) in [6, 6.07) is 1.72. The van der Waals surface area contributed by atoms with Gasteiger partial charge in [0.25, 0.3) is 0 Å². The van der Waals surface area contributed by atoms with Gasteiger partial charge in [-0.15, -0.1) is 0 Å². The van der Waals surface area contributed by atoms with Gasteiger partial charge in [-0.05, 0) is 31.6 Å². The molecule has 0 aliphatic rings. The summed E-state index contributed by atoms with van der Waals surface area (Å²) in [7, 11) is 1.85. The van der Waals surface area contributed by atoms with Gasteiger partial charge in [-0.1, -0.05) is 0 Å². The van der Waals surface area contributed by atoms with Crippen molar-refractivity contribution in [3.63, 3.8) is 0 Å². The molecule has 2 aromatic rings. The van der Waals surface area contributed by atoms with Crippen LogP contribution in [0.15, 0.2) is 24.5 Å². The van der Waals surface area contributed by atoms with Gasteiger partial charge in [0.05, 0.1) is 11.9 Å². The van der Waals surface area contributed by atoms with Gasteiger partial charge < -0.3 is 9.84 Å². The third-order valence-electron chi connectivity index (χ3n) is 2.82. The highest BCUT2D eigenvalue weighted by atomic mass is 16.5. The molecule has 6 heteroatoms. The molecular weight excluding hydrogens is 258 g/mol. The molecule has 2 aromatic heterocycles. The molecule has 2 heterocycles. The Morgan fingerprint density at radius 1 is 1.40 bits per heavy atom. The minimum absolute atomic E-state index is 0.539. The smallest absolute Gasteiger partial charge is 0.328 e. The number of carboxylic acid groups (broad SMARTS) is 1. The van der Waals surface area contributed by atoms with E-state index in [4.69, 9.17) is 9.84 Å². The van der Waals surface area contributed by atoms with Gasteiger partial charge in [0.2, 0.25) is 0 Å². The molecular formula is C14H15N3O3. The van der Waals surface area contributed by atoms with E-state index in [9.17, 15) is 4.79 Å². The second kappa shape index (κ2) is 5.56. The van der Waals surface area contributed by atoms with Gasteiger partial charge in [0.15, 0.2) is 5.75 Å². The first-order valence-electron chi connectivity index (χ1n) is 6.01. The third-order valence-corrected chi connectivity index (χ3v) is 2.82. The predicted octanol–water partition coefficient (Wildman–Crippen LogP) is 2.32. The van der Waals surface area contributed by atoms with Crippen LogP contribution in [0.25, 0.3) is 6.08 Å². The van der Waals surface area contributed by atoms with Crippen LogP contribution in [0.2, 0.25) is 0 Å². The number of aromatic nitrogens is 3. The van der Waals surface area contributed by atoms with Crippen molar-refractivity contribution in [3.05, 3.63) is 41.5 Å². The highest BCUT2D eigenvalue weighted by Crippen LogP contribution is 2.27. The molecule has 0 saturated carbocycles. The Balaban J connectivity index is 2.26. The lowest BCUT2D eigenvalue weighted by Crippen LogP contribution is -1.93. The number of aryl methyl sites for hydroxylation is 2. The molecule has 0 atom stereocenters. The Hall–Kier alpha value is -2.63. The van der Waals surface area contributed by atoms with Gasteiger partial charge in [-0.3, -0.25) is 9.67 Å². The van der Waals surface area contributed by atoms with E-state index in [0.717, 1.165) is 17.5 Å². The largest absolute Gasteiger partial charge is 0.478 e. The van der Waals surface area contributed by atoms with Crippen molar-refractivity contribution < 1.29 is 14.6 Å². The van der Waals surface area contributed by atoms with Crippen molar-refractivity contribution in [1.82, 2.24) is 14.8 Å². The van der Waals surface area contributed by atoms with Gasteiger partial charge in [0, 0.05) is 19.3 Å². The highest BCUT2D eigenvalue weighted by molar-refractivity contribution is 5.85. The molecule has 2 rings (SSSR count). The monoisotopic (exact) mass is 273 g/mol. The second-order valence-electron chi connectivity index (χ2n) is 4.35. The van der Waals surface area contributed by atoms with Crippen LogP contribution in [0, 0.1) is 13.8 Å². The normalized spacial score (nSPS) is 10.9. The number of hydrogen-bond acceptors (Lipinski definition) is 4. The van der Waals surface area contributed by atoms with E-state index in [1.165, 1.54) is 6.08 Å². The number of pyridine rings is 1. The van der Waals surface area contributed by atoms with Crippen molar-refractivity contribution in [2.75, 3.05) is 0 Å². The van der Waals surface area contributed by atoms with Crippen LogP contribution in [-0.2, 0) is 11.8 Å². The topological polar surface area (TPSA) is 77.2 Å². The lowest BCUT2D eigenvalue weighted by Gasteiger charge is -2.06. The Kier molecular flexibility index (Phi) is 3.84. The molecule has 0 saturated heterocycles. The molecule has 0 aliphatic heterocycles. The van der Waals surface area contributed by atoms with Crippen molar-refractivity contribution in [3.8, 4) is 11.5 Å². The zero-order chi connectivity index (χ0) is 14.7. The molecule has 0 fully saturated rings. The summed E-state index contributed by atoms with van der Waals surface area (Å²) in [5.41, 5.74) is 2.36. The number of carboxylic acids is 1. The summed E-state index contributed by atoms with van der Waals surface area (Å²) in [6.45, 7) is 3.78. The number of nitrogens with zero attached hydrogens (tertiary/aromatic N) is 3. The summed E-state index contributed by atoms with van der Waals surface area (Å²) in [5.74, 6) is 0.223. The highest BCUT2D eigenvalue weighted by Gasteiger charge is 2.11. The molecule has 0 aromatic carbocycles. The van der Waals surface area contributed by atoms with E-state index < -0.39 is 5.97 Å². The van der Waals surface area contributed by atoms with Crippen molar-refractivity contribution in [1.29, 1.82) is 0 Å². The molecule has 0 spiro atoms. The third kappa shape index (κ3) is 3.03. The van der Waals surface area contributed by atoms with E-state index in [2.05, 4.69) is 10.1 Å². The van der Waals surface area contributed by atoms with E-state index in [1.807, 2.05) is 20.9 Å². The zero-order valence-corrected chi connectivity index (χ0v) is 11.5. The Morgan fingerprint density at radius 3 is 2.75 bits per heavy atom. The summed E-state index contributed by atoms with van der Waals surface area (Å²) in [6.07, 6.45) is 5.66. The minimum Gasteiger partial charge on any atom is -0.478 e. The van der Waals surface area contributed by atoms with Gasteiger partial charge in [0.1, 0.15) is 11.4 Å². The van der Waals surface area contributed by atoms with Crippen molar-refractivity contribution >= 4 is 12.0 Å². The SMILES string of the molecule is Cc1nn(C)c(C)c1Oc1cncc(/C=C/C(=O)O)c1. The standard InChI is InChI=1S/C14H15N3O3/c1-9-14(10(2)17(3)16-9)20-12-6-11(7-15-8-12)4-5-13(18)19/h4-8H,1-3H3,(H,18,19)/b5-4+. The Bertz CT molecular complexity index is 674. The average Bonchev–Trinajstić information content (AvgIpc) is 2.64. The summed E-state index contributed by atoms with van der Waals surface area (Å²) < 4.78 is 7.52. The van der Waals surface area contributed by atoms with Gasteiger partial charge >= 0.3 is 5.97 Å². The first-order valence-corrected chi connectivity index (χ1v) is 6.01. The molecule has 0 unspecified atom stereocenters. The second-order valence-corrected chi connectivity index (χ2v) is 4.35. The van der Waals surface area contributed by atoms with Crippen LogP contribution >= 0.6 is 0 Å². The minimum atomic E-state index is -1.00. The first-order chi connectivity index (χ1) is 9.47. The number of rotatable bonds is 4. The van der Waals surface area contributed by atoms with Crippen molar-refractivity contribution in [2.24, 2.45) is 7.05 Å². The summed E-state index contributed by atoms with van der Waals surface area (Å²) in [4.78, 5) is 14.5. The molecule has 0 bridgehead atoms. The molecule has 104 valence electrons. The lowest BCUT2D eigenvalue weighted by atomic mass is 10.2. The van der Waals surface area contributed by atoms with E-state index in [-0.39, 0.29) is 0 Å². The van der Waals surface area contributed by atoms with Crippen molar-refractivity contribution in [2.45, 2.75) is 13.8 Å². The van der Waals surface area contributed by atoms with E-state index in [1.54, 1.807) is 23.1 Å². The fourth-order valence-electron chi connectivity index (χ4n) is 1.77. The zero-order valence-electron chi connectivity index (χ0n) is 11.5. The van der Waals surface area contributed by atoms with Crippen LogP contribution < -0.4 is 4.74 Å². The van der Waals surface area contributed by atoms with Gasteiger partial charge in [-0.2, -0.15) is 5.10 Å². The fraction of sp³-hybridized carbons (Fsp3) is 0.214. The molecule has 0 radical (unpaired) electrons. The van der Waals surface area contributed by atoms with E-state index in [0.29, 0.717) is 17.1 Å². The summed E-state index contributed by atoms with van der Waals surface area (Å²) >= 11 is 0.